The van der Waals surface area contributed by atoms with Crippen LogP contribution >= 0.6 is 0 Å². The van der Waals surface area contributed by atoms with Gasteiger partial charge in [0.25, 0.3) is 5.91 Å². The molecule has 8 heteroatoms. The van der Waals surface area contributed by atoms with Crippen molar-refractivity contribution in [3.8, 4) is 22.9 Å². The summed E-state index contributed by atoms with van der Waals surface area (Å²) < 4.78 is 18.9. The Bertz CT molecular complexity index is 1100. The van der Waals surface area contributed by atoms with Crippen LogP contribution in [-0.2, 0) is 0 Å². The van der Waals surface area contributed by atoms with Gasteiger partial charge in [0, 0.05) is 11.1 Å². The van der Waals surface area contributed by atoms with E-state index in [0.29, 0.717) is 42.6 Å². The third-order valence-electron chi connectivity index (χ3n) is 4.88. The van der Waals surface area contributed by atoms with Gasteiger partial charge in [0.15, 0.2) is 11.5 Å². The molecule has 8 nitrogen and oxygen atoms in total. The molecule has 1 N–H and O–H groups in total. The van der Waals surface area contributed by atoms with Crippen LogP contribution in [0.4, 0.5) is 0 Å². The predicted octanol–water partition coefficient (Wildman–Crippen LogP) is 4.45. The van der Waals surface area contributed by atoms with Crippen LogP contribution in [0.15, 0.2) is 47.6 Å². The first kappa shape index (κ1) is 23.8. The fraction of sp³-hybridized carbons (Fsp3) is 0.320. The quantitative estimate of drug-likeness (QED) is 0.364. The zero-order valence-electron chi connectivity index (χ0n) is 19.7. The zero-order chi connectivity index (χ0) is 23.8. The summed E-state index contributed by atoms with van der Waals surface area (Å²) in [6.45, 7) is 10.8. The van der Waals surface area contributed by atoms with E-state index in [9.17, 15) is 4.79 Å². The first-order valence-electron chi connectivity index (χ1n) is 11.0. The van der Waals surface area contributed by atoms with E-state index in [2.05, 4.69) is 15.6 Å². The molecule has 33 heavy (non-hydrogen) atoms. The number of carbonyl (C=O) groups excluding carboxylic acids is 1. The van der Waals surface area contributed by atoms with Crippen molar-refractivity contribution >= 4 is 12.1 Å². The Balaban J connectivity index is 1.83. The van der Waals surface area contributed by atoms with Crippen LogP contribution in [0, 0.1) is 13.8 Å². The van der Waals surface area contributed by atoms with E-state index in [4.69, 9.17) is 14.2 Å². The van der Waals surface area contributed by atoms with Gasteiger partial charge in [0.2, 0.25) is 5.75 Å². The molecule has 0 aliphatic carbocycles. The van der Waals surface area contributed by atoms with Gasteiger partial charge in [-0.1, -0.05) is 18.2 Å². The number of nitrogens with one attached hydrogen (secondary N) is 1. The van der Waals surface area contributed by atoms with E-state index in [1.807, 2.05) is 69.6 Å². The second kappa shape index (κ2) is 11.2. The molecule has 0 unspecified atom stereocenters. The van der Waals surface area contributed by atoms with E-state index < -0.39 is 0 Å². The fourth-order valence-electron chi connectivity index (χ4n) is 3.40. The van der Waals surface area contributed by atoms with Crippen LogP contribution in [0.2, 0.25) is 0 Å². The molecule has 2 aromatic carbocycles. The monoisotopic (exact) mass is 450 g/mol. The molecule has 0 spiro atoms. The highest BCUT2D eigenvalue weighted by molar-refractivity contribution is 5.96. The maximum Gasteiger partial charge on any atom is 0.271 e. The molecule has 174 valence electrons. The smallest absolute Gasteiger partial charge is 0.271 e. The lowest BCUT2D eigenvalue weighted by Crippen LogP contribution is -2.18. The number of amides is 1. The predicted molar refractivity (Wildman–Crippen MR) is 128 cm³/mol. The van der Waals surface area contributed by atoms with E-state index in [0.717, 1.165) is 22.6 Å². The number of carbonyl (C=O) groups is 1. The van der Waals surface area contributed by atoms with Gasteiger partial charge in [-0.15, -0.1) is 0 Å². The number of aryl methyl sites for hydroxylation is 1. The Kier molecular flexibility index (Phi) is 8.07. The Morgan fingerprint density at radius 1 is 1.00 bits per heavy atom. The highest BCUT2D eigenvalue weighted by atomic mass is 16.5. The Labute approximate surface area is 194 Å². The molecule has 3 aromatic rings. The van der Waals surface area contributed by atoms with Crippen molar-refractivity contribution < 1.29 is 19.0 Å². The molecule has 0 saturated heterocycles. The van der Waals surface area contributed by atoms with Gasteiger partial charge in [-0.3, -0.25) is 4.79 Å². The lowest BCUT2D eigenvalue weighted by Gasteiger charge is -2.16. The van der Waals surface area contributed by atoms with Crippen molar-refractivity contribution in [3.05, 3.63) is 65.0 Å². The molecule has 0 aliphatic heterocycles. The second-order valence-corrected chi connectivity index (χ2v) is 7.13. The molecule has 1 amide bonds. The van der Waals surface area contributed by atoms with Gasteiger partial charge in [-0.25, -0.2) is 10.1 Å². The van der Waals surface area contributed by atoms with Crippen LogP contribution < -0.4 is 19.6 Å². The summed E-state index contributed by atoms with van der Waals surface area (Å²) in [6.07, 6.45) is 1.61. The van der Waals surface area contributed by atoms with Gasteiger partial charge in [-0.05, 0) is 58.9 Å². The minimum atomic E-state index is -0.387. The highest BCUT2D eigenvalue weighted by Crippen LogP contribution is 2.39. The Hall–Kier alpha value is -3.81. The van der Waals surface area contributed by atoms with Crippen LogP contribution in [-0.4, -0.2) is 41.7 Å². The lowest BCUT2D eigenvalue weighted by molar-refractivity contribution is 0.0954. The van der Waals surface area contributed by atoms with Gasteiger partial charge >= 0.3 is 0 Å². The topological polar surface area (TPSA) is 87.0 Å². The Morgan fingerprint density at radius 2 is 1.61 bits per heavy atom. The average molecular weight is 451 g/mol. The van der Waals surface area contributed by atoms with Crippen molar-refractivity contribution in [1.29, 1.82) is 0 Å². The normalized spacial score (nSPS) is 10.9. The SMILES string of the molecule is CCOc1cc(C(=O)N/N=C\c2c(C)nn(-c3ccccc3)c2C)cc(OCC)c1OCC. The molecule has 1 heterocycles. The number of nitrogens with zero attached hydrogens (tertiary/aromatic N) is 3. The largest absolute Gasteiger partial charge is 0.490 e. The first-order chi connectivity index (χ1) is 16.0. The molecular weight excluding hydrogens is 420 g/mol. The average Bonchev–Trinajstić information content (AvgIpc) is 3.10. The number of hydrogen-bond donors (Lipinski definition) is 1. The number of rotatable bonds is 10. The first-order valence-corrected chi connectivity index (χ1v) is 11.0. The van der Waals surface area contributed by atoms with Crippen LogP contribution in [0.5, 0.6) is 17.2 Å². The molecule has 0 atom stereocenters. The summed E-state index contributed by atoms with van der Waals surface area (Å²) in [6, 6.07) is 13.1. The summed E-state index contributed by atoms with van der Waals surface area (Å²) in [5, 5.41) is 8.76. The third-order valence-corrected chi connectivity index (χ3v) is 4.88. The number of benzene rings is 2. The van der Waals surface area contributed by atoms with Crippen molar-refractivity contribution in [2.24, 2.45) is 5.10 Å². The van der Waals surface area contributed by atoms with Crippen molar-refractivity contribution in [3.63, 3.8) is 0 Å². The van der Waals surface area contributed by atoms with Gasteiger partial charge in [0.05, 0.1) is 43.1 Å². The lowest BCUT2D eigenvalue weighted by atomic mass is 10.1. The van der Waals surface area contributed by atoms with Crippen LogP contribution in [0.1, 0.15) is 48.1 Å². The molecule has 3 rings (SSSR count). The number of aromatic nitrogens is 2. The third kappa shape index (κ3) is 5.52. The fourth-order valence-corrected chi connectivity index (χ4v) is 3.40. The van der Waals surface area contributed by atoms with Crippen molar-refractivity contribution in [2.75, 3.05) is 19.8 Å². The summed E-state index contributed by atoms with van der Waals surface area (Å²) in [5.41, 5.74) is 6.48. The van der Waals surface area contributed by atoms with Crippen LogP contribution in [0.3, 0.4) is 0 Å². The zero-order valence-corrected chi connectivity index (χ0v) is 19.7. The minimum absolute atomic E-state index is 0.357. The number of para-hydroxylation sites is 1. The molecule has 0 bridgehead atoms. The van der Waals surface area contributed by atoms with Gasteiger partial charge < -0.3 is 14.2 Å². The van der Waals surface area contributed by atoms with E-state index >= 15 is 0 Å². The van der Waals surface area contributed by atoms with E-state index in [1.165, 1.54) is 0 Å². The van der Waals surface area contributed by atoms with Gasteiger partial charge in [-0.2, -0.15) is 10.2 Å². The molecule has 0 saturated carbocycles. The summed E-state index contributed by atoms with van der Waals surface area (Å²) in [4.78, 5) is 12.8. The maximum atomic E-state index is 12.8. The minimum Gasteiger partial charge on any atom is -0.490 e. The highest BCUT2D eigenvalue weighted by Gasteiger charge is 2.18. The van der Waals surface area contributed by atoms with E-state index in [1.54, 1.807) is 18.3 Å². The summed E-state index contributed by atoms with van der Waals surface area (Å²) in [7, 11) is 0. The molecule has 0 radical (unpaired) electrons. The maximum absolute atomic E-state index is 12.8. The number of ether oxygens (including phenoxy) is 3. The number of hydrogen-bond acceptors (Lipinski definition) is 6. The van der Waals surface area contributed by atoms with Crippen molar-refractivity contribution in [1.82, 2.24) is 15.2 Å². The second-order valence-electron chi connectivity index (χ2n) is 7.13. The molecule has 0 aliphatic rings. The standard InChI is InChI=1S/C25H30N4O4/c1-6-31-22-14-19(15-23(32-7-2)24(22)33-8-3)25(30)27-26-16-21-17(4)28-29(18(21)5)20-12-10-9-11-13-20/h9-16H,6-8H2,1-5H3,(H,27,30)/b26-16-. The van der Waals surface area contributed by atoms with E-state index in [-0.39, 0.29) is 5.91 Å². The van der Waals surface area contributed by atoms with Crippen molar-refractivity contribution in [2.45, 2.75) is 34.6 Å². The summed E-state index contributed by atoms with van der Waals surface area (Å²) >= 11 is 0. The Morgan fingerprint density at radius 3 is 2.18 bits per heavy atom. The van der Waals surface area contributed by atoms with Gasteiger partial charge in [0.1, 0.15) is 0 Å². The summed E-state index contributed by atoms with van der Waals surface area (Å²) in [5.74, 6) is 1.01. The molecule has 1 aromatic heterocycles. The molecular formula is C25H30N4O4. The number of hydrazone groups is 1. The molecule has 0 fully saturated rings. The van der Waals surface area contributed by atoms with Crippen LogP contribution in [0.25, 0.3) is 5.69 Å².